The van der Waals surface area contributed by atoms with E-state index in [-0.39, 0.29) is 0 Å². The lowest BCUT2D eigenvalue weighted by Gasteiger charge is -2.24. The minimum atomic E-state index is 1.05. The smallest absolute Gasteiger partial charge is 0.0239 e. The van der Waals surface area contributed by atoms with Gasteiger partial charge in [0.05, 0.1) is 0 Å². The van der Waals surface area contributed by atoms with Crippen molar-refractivity contribution in [3.8, 4) is 0 Å². The summed E-state index contributed by atoms with van der Waals surface area (Å²) in [5.41, 5.74) is 1.45. The molecule has 0 saturated heterocycles. The zero-order valence-corrected chi connectivity index (χ0v) is 16.5. The van der Waals surface area contributed by atoms with Crippen LogP contribution >= 0.6 is 0 Å². The Morgan fingerprint density at radius 3 is 2.00 bits per heavy atom. The molecule has 0 aromatic heterocycles. The van der Waals surface area contributed by atoms with Crippen molar-refractivity contribution in [1.29, 1.82) is 0 Å². The fourth-order valence-corrected chi connectivity index (χ4v) is 3.32. The number of nitrogens with zero attached hydrogens (tertiary/aromatic N) is 3. The van der Waals surface area contributed by atoms with E-state index in [9.17, 15) is 0 Å². The first-order valence-electron chi connectivity index (χ1n) is 9.54. The number of hydrogen-bond acceptors (Lipinski definition) is 3. The van der Waals surface area contributed by atoms with E-state index in [2.05, 4.69) is 85.4 Å². The van der Waals surface area contributed by atoms with Crippen molar-refractivity contribution < 1.29 is 0 Å². The summed E-state index contributed by atoms with van der Waals surface area (Å²) in [4.78, 5) is 7.20. The van der Waals surface area contributed by atoms with E-state index in [4.69, 9.17) is 0 Å². The number of fused-ring (bicyclic) bond motifs is 1. The maximum absolute atomic E-state index is 2.64. The maximum atomic E-state index is 2.64. The van der Waals surface area contributed by atoms with Crippen molar-refractivity contribution in [2.45, 2.75) is 25.8 Å². The van der Waals surface area contributed by atoms with E-state index >= 15 is 0 Å². The highest BCUT2D eigenvalue weighted by Gasteiger charge is 2.09. The first kappa shape index (κ1) is 19.9. The molecule has 0 unspecified atom stereocenters. The average molecular weight is 342 g/mol. The Hall–Kier alpha value is -1.42. The highest BCUT2D eigenvalue weighted by Crippen LogP contribution is 2.20. The van der Waals surface area contributed by atoms with Gasteiger partial charge in [0.1, 0.15) is 0 Å². The van der Waals surface area contributed by atoms with Crippen LogP contribution in [0.4, 0.5) is 0 Å². The lowest BCUT2D eigenvalue weighted by atomic mass is 10.0. The van der Waals surface area contributed by atoms with Gasteiger partial charge in [-0.2, -0.15) is 0 Å². The van der Waals surface area contributed by atoms with Crippen molar-refractivity contribution in [1.82, 2.24) is 14.7 Å². The van der Waals surface area contributed by atoms with Crippen LogP contribution in [0.15, 0.2) is 42.5 Å². The second kappa shape index (κ2) is 10.5. The van der Waals surface area contributed by atoms with Gasteiger partial charge in [-0.05, 0) is 90.0 Å². The molecule has 0 amide bonds. The molecule has 138 valence electrons. The third-order valence-corrected chi connectivity index (χ3v) is 4.68. The third kappa shape index (κ3) is 7.15. The molecule has 0 aliphatic rings. The number of hydrogen-bond donors (Lipinski definition) is 0. The van der Waals surface area contributed by atoms with E-state index in [1.807, 2.05) is 0 Å². The summed E-state index contributed by atoms with van der Waals surface area (Å²) in [6.07, 6.45) is 3.77. The van der Waals surface area contributed by atoms with Crippen molar-refractivity contribution in [2.24, 2.45) is 0 Å². The van der Waals surface area contributed by atoms with Gasteiger partial charge >= 0.3 is 0 Å². The van der Waals surface area contributed by atoms with Crippen LogP contribution in [0, 0.1) is 0 Å². The zero-order chi connectivity index (χ0) is 18.1. The number of unbranched alkanes of at least 4 members (excludes halogenated alkanes) is 1. The molecule has 0 heterocycles. The van der Waals surface area contributed by atoms with Crippen LogP contribution in [0.2, 0.25) is 0 Å². The summed E-state index contributed by atoms with van der Waals surface area (Å²) < 4.78 is 0. The maximum Gasteiger partial charge on any atom is 0.0239 e. The molecule has 25 heavy (non-hydrogen) atoms. The molecular formula is C22H35N3. The quantitative estimate of drug-likeness (QED) is 0.573. The highest BCUT2D eigenvalue weighted by atomic mass is 15.1. The van der Waals surface area contributed by atoms with Crippen molar-refractivity contribution in [3.63, 3.8) is 0 Å². The molecule has 0 saturated carbocycles. The van der Waals surface area contributed by atoms with E-state index in [0.29, 0.717) is 0 Å². The molecule has 0 aliphatic heterocycles. The summed E-state index contributed by atoms with van der Waals surface area (Å²) in [6.45, 7) is 5.74. The van der Waals surface area contributed by atoms with Gasteiger partial charge in [-0.15, -0.1) is 0 Å². The second-order valence-corrected chi connectivity index (χ2v) is 7.58. The van der Waals surface area contributed by atoms with Crippen LogP contribution in [0.3, 0.4) is 0 Å². The third-order valence-electron chi connectivity index (χ3n) is 4.68. The number of rotatable bonds is 11. The van der Waals surface area contributed by atoms with E-state index in [1.165, 1.54) is 55.2 Å². The van der Waals surface area contributed by atoms with Gasteiger partial charge in [0.2, 0.25) is 0 Å². The Kier molecular flexibility index (Phi) is 8.39. The fraction of sp³-hybridized carbons (Fsp3) is 0.545. The average Bonchev–Trinajstić information content (AvgIpc) is 2.58. The van der Waals surface area contributed by atoms with Gasteiger partial charge in [-0.3, -0.25) is 4.90 Å². The van der Waals surface area contributed by atoms with Gasteiger partial charge in [-0.25, -0.2) is 0 Å². The van der Waals surface area contributed by atoms with Crippen LogP contribution < -0.4 is 0 Å². The Morgan fingerprint density at radius 2 is 1.24 bits per heavy atom. The summed E-state index contributed by atoms with van der Waals surface area (Å²) in [7, 11) is 8.63. The van der Waals surface area contributed by atoms with Gasteiger partial charge < -0.3 is 9.80 Å². The standard InChI is InChI=1S/C22H35N3/c1-23(2)15-7-8-17-25(18-10-16-24(3)4)19-21-13-9-12-20-11-5-6-14-22(20)21/h5-6,9,11-14H,7-8,10,15-19H2,1-4H3. The van der Waals surface area contributed by atoms with Crippen molar-refractivity contribution >= 4 is 10.8 Å². The minimum Gasteiger partial charge on any atom is -0.309 e. The van der Waals surface area contributed by atoms with Crippen LogP contribution in [-0.2, 0) is 6.54 Å². The van der Waals surface area contributed by atoms with E-state index in [1.54, 1.807) is 0 Å². The molecular weight excluding hydrogens is 306 g/mol. The zero-order valence-electron chi connectivity index (χ0n) is 16.5. The normalized spacial score (nSPS) is 12.0. The van der Waals surface area contributed by atoms with Crippen LogP contribution in [0.25, 0.3) is 10.8 Å². The molecule has 2 aromatic carbocycles. The molecule has 0 radical (unpaired) electrons. The monoisotopic (exact) mass is 341 g/mol. The largest absolute Gasteiger partial charge is 0.309 e. The fourth-order valence-electron chi connectivity index (χ4n) is 3.32. The second-order valence-electron chi connectivity index (χ2n) is 7.58. The summed E-state index contributed by atoms with van der Waals surface area (Å²) in [5, 5.41) is 2.75. The lowest BCUT2D eigenvalue weighted by Crippen LogP contribution is -2.28. The molecule has 0 fully saturated rings. The lowest BCUT2D eigenvalue weighted by molar-refractivity contribution is 0.239. The van der Waals surface area contributed by atoms with Crippen LogP contribution in [0.5, 0.6) is 0 Å². The SMILES string of the molecule is CN(C)CCCCN(CCCN(C)C)Cc1cccc2ccccc12. The molecule has 3 heteroatoms. The molecule has 0 bridgehead atoms. The van der Waals surface area contributed by atoms with Gasteiger partial charge in [-0.1, -0.05) is 42.5 Å². The molecule has 0 spiro atoms. The summed E-state index contributed by atoms with van der Waals surface area (Å²) >= 11 is 0. The molecule has 2 rings (SSSR count). The highest BCUT2D eigenvalue weighted by molar-refractivity contribution is 5.85. The Bertz CT molecular complexity index is 616. The number of benzene rings is 2. The first-order valence-corrected chi connectivity index (χ1v) is 9.54. The predicted molar refractivity (Wildman–Crippen MR) is 110 cm³/mol. The van der Waals surface area contributed by atoms with Crippen molar-refractivity contribution in [3.05, 3.63) is 48.0 Å². The predicted octanol–water partition coefficient (Wildman–Crippen LogP) is 3.94. The summed E-state index contributed by atoms with van der Waals surface area (Å²) in [6, 6.07) is 15.5. The van der Waals surface area contributed by atoms with E-state index in [0.717, 1.165) is 13.1 Å². The van der Waals surface area contributed by atoms with Crippen molar-refractivity contribution in [2.75, 3.05) is 54.4 Å². The Morgan fingerprint density at radius 1 is 0.640 bits per heavy atom. The Balaban J connectivity index is 2.00. The molecule has 3 nitrogen and oxygen atoms in total. The van der Waals surface area contributed by atoms with Gasteiger partial charge in [0, 0.05) is 6.54 Å². The summed E-state index contributed by atoms with van der Waals surface area (Å²) in [5.74, 6) is 0. The molecule has 0 aliphatic carbocycles. The van der Waals surface area contributed by atoms with E-state index < -0.39 is 0 Å². The van der Waals surface area contributed by atoms with Gasteiger partial charge in [0.15, 0.2) is 0 Å². The van der Waals surface area contributed by atoms with Gasteiger partial charge in [0.25, 0.3) is 0 Å². The van der Waals surface area contributed by atoms with Crippen LogP contribution in [0.1, 0.15) is 24.8 Å². The van der Waals surface area contributed by atoms with Crippen LogP contribution in [-0.4, -0.2) is 69.1 Å². The Labute approximate surface area is 154 Å². The molecule has 2 aromatic rings. The topological polar surface area (TPSA) is 9.72 Å². The molecule has 0 atom stereocenters. The minimum absolute atomic E-state index is 1.05. The molecule has 0 N–H and O–H groups in total. The first-order chi connectivity index (χ1) is 12.1.